The Labute approximate surface area is 203 Å². The molecule has 0 aliphatic heterocycles. The molecule has 4 N–H and O–H groups in total. The van der Waals surface area contributed by atoms with Crippen molar-refractivity contribution < 1.29 is 19.1 Å². The third-order valence-electron chi connectivity index (χ3n) is 4.43. The van der Waals surface area contributed by atoms with Crippen LogP contribution in [0.25, 0.3) is 10.9 Å². The number of H-pyrrole nitrogens is 1. The van der Waals surface area contributed by atoms with Crippen molar-refractivity contribution in [2.45, 2.75) is 6.92 Å². The molecule has 0 radical (unpaired) electrons. The van der Waals surface area contributed by atoms with E-state index in [-0.39, 0.29) is 34.5 Å². The highest BCUT2D eigenvalue weighted by Crippen LogP contribution is 2.39. The summed E-state index contributed by atoms with van der Waals surface area (Å²) in [5.74, 6) is -1.27. The van der Waals surface area contributed by atoms with Gasteiger partial charge in [-0.3, -0.25) is 14.9 Å². The smallest absolute Gasteiger partial charge is 0.413 e. The van der Waals surface area contributed by atoms with Crippen LogP contribution >= 0.6 is 23.2 Å². The molecular formula is C22H19Cl2N5O5. The lowest BCUT2D eigenvalue weighted by Gasteiger charge is -2.15. The highest BCUT2D eigenvalue weighted by atomic mass is 35.5. The van der Waals surface area contributed by atoms with E-state index in [2.05, 4.69) is 20.6 Å². The van der Waals surface area contributed by atoms with Crippen molar-refractivity contribution in [1.29, 1.82) is 5.26 Å². The maximum atomic E-state index is 11.9. The summed E-state index contributed by atoms with van der Waals surface area (Å²) in [6.07, 6.45) is -0.922. The van der Waals surface area contributed by atoms with E-state index in [4.69, 9.17) is 27.9 Å². The zero-order chi connectivity index (χ0) is 24.7. The van der Waals surface area contributed by atoms with Gasteiger partial charge in [0, 0.05) is 23.5 Å². The van der Waals surface area contributed by atoms with E-state index in [0.717, 1.165) is 5.39 Å². The number of hydrogen-bond donors (Lipinski definition) is 4. The molecule has 3 rings (SSSR count). The van der Waals surface area contributed by atoms with Gasteiger partial charge in [-0.2, -0.15) is 5.26 Å². The van der Waals surface area contributed by atoms with Crippen LogP contribution in [0.3, 0.4) is 0 Å². The molecule has 10 nitrogen and oxygen atoms in total. The fraction of sp³-hybridized carbons (Fsp3) is 0.182. The molecule has 1 atom stereocenters. The Morgan fingerprint density at radius 3 is 2.56 bits per heavy atom. The van der Waals surface area contributed by atoms with Gasteiger partial charge in [-0.1, -0.05) is 23.2 Å². The number of benzene rings is 2. The van der Waals surface area contributed by atoms with Crippen LogP contribution in [0.5, 0.6) is 11.5 Å². The van der Waals surface area contributed by atoms with Crippen LogP contribution in [-0.4, -0.2) is 30.1 Å². The van der Waals surface area contributed by atoms with Crippen LogP contribution in [0.1, 0.15) is 6.92 Å². The standard InChI is InChI=1S/C22H19Cl2N5O5/c1-2-33-22(32)28-21(31)13(10-25)11-26-29-14-8-16(23)20(17(24)9-14)34-15-4-5-18-12(7-15)3-6-19(30)27-18/h3-9,13,26,29H,2,11H2,1H3,(H,27,30)(H,28,31,32). The number of halogens is 2. The fourth-order valence-electron chi connectivity index (χ4n) is 2.85. The average molecular weight is 504 g/mol. The van der Waals surface area contributed by atoms with Gasteiger partial charge in [-0.25, -0.2) is 10.2 Å². The zero-order valence-electron chi connectivity index (χ0n) is 17.8. The van der Waals surface area contributed by atoms with E-state index in [9.17, 15) is 19.6 Å². The number of aromatic nitrogens is 1. The number of anilines is 1. The van der Waals surface area contributed by atoms with Gasteiger partial charge in [0.2, 0.25) is 11.5 Å². The first-order chi connectivity index (χ1) is 16.3. The lowest BCUT2D eigenvalue weighted by Crippen LogP contribution is -2.40. The number of aromatic amines is 1. The van der Waals surface area contributed by atoms with Crippen molar-refractivity contribution in [2.24, 2.45) is 5.92 Å². The molecule has 1 aromatic heterocycles. The molecule has 1 unspecified atom stereocenters. The molecule has 0 fully saturated rings. The summed E-state index contributed by atoms with van der Waals surface area (Å²) in [5, 5.41) is 12.3. The lowest BCUT2D eigenvalue weighted by atomic mass is 10.1. The molecular weight excluding hydrogens is 485 g/mol. The number of ether oxygens (including phenoxy) is 2. The molecule has 12 heteroatoms. The second-order valence-electron chi connectivity index (χ2n) is 6.84. The summed E-state index contributed by atoms with van der Waals surface area (Å²) in [6, 6.07) is 13.1. The largest absolute Gasteiger partial charge is 0.454 e. The van der Waals surface area contributed by atoms with Crippen molar-refractivity contribution in [2.75, 3.05) is 18.6 Å². The fourth-order valence-corrected chi connectivity index (χ4v) is 3.41. The number of carbonyl (C=O) groups excluding carboxylic acids is 2. The van der Waals surface area contributed by atoms with Crippen molar-refractivity contribution >= 4 is 51.8 Å². The minimum Gasteiger partial charge on any atom is -0.454 e. The second-order valence-corrected chi connectivity index (χ2v) is 7.65. The monoisotopic (exact) mass is 503 g/mol. The Balaban J connectivity index is 1.63. The van der Waals surface area contributed by atoms with E-state index >= 15 is 0 Å². The molecule has 0 saturated carbocycles. The van der Waals surface area contributed by atoms with Crippen molar-refractivity contribution in [3.8, 4) is 17.6 Å². The summed E-state index contributed by atoms with van der Waals surface area (Å²) < 4.78 is 10.5. The first-order valence-corrected chi connectivity index (χ1v) is 10.7. The summed E-state index contributed by atoms with van der Waals surface area (Å²) in [4.78, 5) is 37.4. The molecule has 2 amide bonds. The topological polar surface area (TPSA) is 145 Å². The number of amides is 2. The highest BCUT2D eigenvalue weighted by molar-refractivity contribution is 6.37. The Morgan fingerprint density at radius 1 is 1.15 bits per heavy atom. The first-order valence-electron chi connectivity index (χ1n) is 9.96. The predicted molar refractivity (Wildman–Crippen MR) is 127 cm³/mol. The van der Waals surface area contributed by atoms with Gasteiger partial charge in [0.15, 0.2) is 5.75 Å². The lowest BCUT2D eigenvalue weighted by molar-refractivity contribution is -0.122. The molecule has 0 aliphatic carbocycles. The number of hydrogen-bond acceptors (Lipinski definition) is 8. The summed E-state index contributed by atoms with van der Waals surface area (Å²) in [7, 11) is 0. The number of pyridine rings is 1. The van der Waals surface area contributed by atoms with Crippen LogP contribution in [0.4, 0.5) is 10.5 Å². The molecule has 1 heterocycles. The number of nitriles is 1. The van der Waals surface area contributed by atoms with Crippen LogP contribution < -0.4 is 26.5 Å². The average Bonchev–Trinajstić information content (AvgIpc) is 2.79. The minimum atomic E-state index is -1.16. The number of hydrazine groups is 1. The van der Waals surface area contributed by atoms with Gasteiger partial charge >= 0.3 is 6.09 Å². The van der Waals surface area contributed by atoms with Crippen molar-refractivity contribution in [1.82, 2.24) is 15.7 Å². The quantitative estimate of drug-likeness (QED) is 0.338. The first kappa shape index (κ1) is 24.9. The van der Waals surface area contributed by atoms with Crippen LogP contribution in [0.15, 0.2) is 47.3 Å². The maximum Gasteiger partial charge on any atom is 0.413 e. The molecule has 0 bridgehead atoms. The van der Waals surface area contributed by atoms with Gasteiger partial charge in [-0.05, 0) is 43.3 Å². The van der Waals surface area contributed by atoms with Gasteiger partial charge in [0.05, 0.1) is 28.4 Å². The summed E-state index contributed by atoms with van der Waals surface area (Å²) in [6.45, 7) is 1.57. The predicted octanol–water partition coefficient (Wildman–Crippen LogP) is 3.96. The molecule has 3 aromatic rings. The van der Waals surface area contributed by atoms with E-state index < -0.39 is 17.9 Å². The number of rotatable bonds is 8. The molecule has 2 aromatic carbocycles. The Kier molecular flexibility index (Phi) is 8.32. The molecule has 0 spiro atoms. The van der Waals surface area contributed by atoms with Gasteiger partial charge in [0.25, 0.3) is 0 Å². The number of nitrogens with one attached hydrogen (secondary N) is 4. The second kappa shape index (κ2) is 11.4. The van der Waals surface area contributed by atoms with Gasteiger partial charge < -0.3 is 19.9 Å². The minimum absolute atomic E-state index is 0.0963. The van der Waals surface area contributed by atoms with E-state index in [1.165, 1.54) is 18.2 Å². The van der Waals surface area contributed by atoms with Crippen LogP contribution in [0.2, 0.25) is 10.0 Å². The Hall–Kier alpha value is -3.78. The van der Waals surface area contributed by atoms with E-state index in [0.29, 0.717) is 17.0 Å². The third kappa shape index (κ3) is 6.39. The number of alkyl carbamates (subject to hydrolysis) is 1. The maximum absolute atomic E-state index is 11.9. The normalized spacial score (nSPS) is 11.4. The number of fused-ring (bicyclic) bond motifs is 1. The molecule has 34 heavy (non-hydrogen) atoms. The number of nitrogens with zero attached hydrogens (tertiary/aromatic N) is 1. The number of carbonyl (C=O) groups is 2. The Bertz CT molecular complexity index is 1300. The number of imide groups is 1. The SMILES string of the molecule is CCOC(=O)NC(=O)C(C#N)CNNc1cc(Cl)c(Oc2ccc3[nH]c(=O)ccc3c2)c(Cl)c1. The molecule has 0 aliphatic rings. The molecule has 176 valence electrons. The van der Waals surface area contributed by atoms with Crippen molar-refractivity contribution in [3.05, 3.63) is 62.9 Å². The van der Waals surface area contributed by atoms with Crippen molar-refractivity contribution in [3.63, 3.8) is 0 Å². The van der Waals surface area contributed by atoms with E-state index in [1.807, 2.05) is 5.32 Å². The van der Waals surface area contributed by atoms with Gasteiger partial charge in [0.1, 0.15) is 11.7 Å². The zero-order valence-corrected chi connectivity index (χ0v) is 19.3. The van der Waals surface area contributed by atoms with Gasteiger partial charge in [-0.15, -0.1) is 0 Å². The Morgan fingerprint density at radius 2 is 1.88 bits per heavy atom. The third-order valence-corrected chi connectivity index (χ3v) is 4.99. The van der Waals surface area contributed by atoms with E-state index in [1.54, 1.807) is 37.3 Å². The summed E-state index contributed by atoms with van der Waals surface area (Å²) >= 11 is 12.7. The van der Waals surface area contributed by atoms with Crippen LogP contribution in [-0.2, 0) is 9.53 Å². The molecule has 0 saturated heterocycles. The van der Waals surface area contributed by atoms with Crippen LogP contribution in [0, 0.1) is 17.2 Å². The highest BCUT2D eigenvalue weighted by Gasteiger charge is 2.20. The summed E-state index contributed by atoms with van der Waals surface area (Å²) in [5.41, 5.74) is 6.41.